The van der Waals surface area contributed by atoms with Crippen LogP contribution in [0.4, 0.5) is 0 Å². The van der Waals surface area contributed by atoms with E-state index in [1.807, 2.05) is 6.92 Å². The monoisotopic (exact) mass is 364 g/mol. The molecule has 0 spiro atoms. The highest BCUT2D eigenvalue weighted by Crippen LogP contribution is 2.15. The Balaban J connectivity index is 1.55. The Kier molecular flexibility index (Phi) is 5.47. The molecule has 0 unspecified atom stereocenters. The van der Waals surface area contributed by atoms with E-state index < -0.39 is 11.9 Å². The van der Waals surface area contributed by atoms with Crippen molar-refractivity contribution in [2.75, 3.05) is 6.61 Å². The Bertz CT molecular complexity index is 937. The van der Waals surface area contributed by atoms with Crippen LogP contribution < -0.4 is 4.74 Å². The fraction of sp³-hybridized carbons (Fsp3) is 0.0952. The molecule has 0 aliphatic heterocycles. The van der Waals surface area contributed by atoms with E-state index in [1.165, 1.54) is 36.6 Å². The molecule has 0 bridgehead atoms. The standard InChI is InChI=1S/C21H16O6/c1-14-4-6-16(7-5-14)20(23)26-13-18(22)15-8-10-17(11-9-15)27-21(24)19-3-2-12-25-19/h2-12H,13H2,1H3. The second-order valence-electron chi connectivity index (χ2n) is 5.76. The van der Waals surface area contributed by atoms with Gasteiger partial charge in [-0.25, -0.2) is 9.59 Å². The number of ketones is 1. The molecular formula is C21H16O6. The van der Waals surface area contributed by atoms with Gasteiger partial charge < -0.3 is 13.9 Å². The van der Waals surface area contributed by atoms with Crippen LogP contribution in [0, 0.1) is 6.92 Å². The summed E-state index contributed by atoms with van der Waals surface area (Å²) in [6.07, 6.45) is 1.37. The topological polar surface area (TPSA) is 82.8 Å². The first-order chi connectivity index (χ1) is 13.0. The van der Waals surface area contributed by atoms with Gasteiger partial charge in [0.15, 0.2) is 12.4 Å². The smallest absolute Gasteiger partial charge is 0.379 e. The van der Waals surface area contributed by atoms with Crippen molar-refractivity contribution in [2.24, 2.45) is 0 Å². The van der Waals surface area contributed by atoms with Crippen LogP contribution in [0.3, 0.4) is 0 Å². The van der Waals surface area contributed by atoms with Crippen LogP contribution in [0.2, 0.25) is 0 Å². The Morgan fingerprint density at radius 3 is 2.15 bits per heavy atom. The molecule has 0 N–H and O–H groups in total. The molecule has 6 nitrogen and oxygen atoms in total. The van der Waals surface area contributed by atoms with Crippen molar-refractivity contribution in [3.05, 3.63) is 89.4 Å². The molecular weight excluding hydrogens is 348 g/mol. The number of hydrogen-bond acceptors (Lipinski definition) is 6. The highest BCUT2D eigenvalue weighted by atomic mass is 16.5. The minimum Gasteiger partial charge on any atom is -0.457 e. The highest BCUT2D eigenvalue weighted by Gasteiger charge is 2.14. The van der Waals surface area contributed by atoms with E-state index >= 15 is 0 Å². The molecule has 1 aromatic heterocycles. The molecule has 0 atom stereocenters. The number of aryl methyl sites for hydroxylation is 1. The minimum absolute atomic E-state index is 0.0816. The first-order valence-electron chi connectivity index (χ1n) is 8.15. The van der Waals surface area contributed by atoms with Crippen LogP contribution in [0.1, 0.15) is 36.8 Å². The molecule has 2 aromatic carbocycles. The molecule has 6 heteroatoms. The zero-order valence-electron chi connectivity index (χ0n) is 14.5. The quantitative estimate of drug-likeness (QED) is 0.375. The molecule has 3 rings (SSSR count). The third-order valence-corrected chi connectivity index (χ3v) is 3.73. The summed E-state index contributed by atoms with van der Waals surface area (Å²) in [4.78, 5) is 35.9. The predicted octanol–water partition coefficient (Wildman–Crippen LogP) is 3.85. The number of carbonyl (C=O) groups excluding carboxylic acids is 3. The Morgan fingerprint density at radius 2 is 1.52 bits per heavy atom. The first kappa shape index (κ1) is 18.1. The third-order valence-electron chi connectivity index (χ3n) is 3.73. The number of carbonyl (C=O) groups is 3. The molecule has 3 aromatic rings. The van der Waals surface area contributed by atoms with Gasteiger partial charge in [0.2, 0.25) is 5.76 Å². The molecule has 27 heavy (non-hydrogen) atoms. The lowest BCUT2D eigenvalue weighted by molar-refractivity contribution is 0.0474. The van der Waals surface area contributed by atoms with Gasteiger partial charge in [-0.2, -0.15) is 0 Å². The minimum atomic E-state index is -0.633. The first-order valence-corrected chi connectivity index (χ1v) is 8.15. The maximum atomic E-state index is 12.2. The number of Topliss-reactive ketones (excluding diaryl/α,β-unsaturated/α-hetero) is 1. The molecule has 0 aliphatic rings. The fourth-order valence-corrected chi connectivity index (χ4v) is 2.25. The van der Waals surface area contributed by atoms with Gasteiger partial charge in [0.05, 0.1) is 11.8 Å². The van der Waals surface area contributed by atoms with Crippen LogP contribution >= 0.6 is 0 Å². The zero-order chi connectivity index (χ0) is 19.2. The SMILES string of the molecule is Cc1ccc(C(=O)OCC(=O)c2ccc(OC(=O)c3ccco3)cc2)cc1. The molecule has 0 amide bonds. The number of esters is 2. The van der Waals surface area contributed by atoms with Crippen molar-refractivity contribution in [3.8, 4) is 5.75 Å². The summed E-state index contributed by atoms with van der Waals surface area (Å²) in [5.41, 5.74) is 1.74. The summed E-state index contributed by atoms with van der Waals surface area (Å²) >= 11 is 0. The lowest BCUT2D eigenvalue weighted by Crippen LogP contribution is -2.14. The maximum absolute atomic E-state index is 12.2. The summed E-state index contributed by atoms with van der Waals surface area (Å²) in [6.45, 7) is 1.53. The van der Waals surface area contributed by atoms with E-state index in [-0.39, 0.29) is 23.9 Å². The van der Waals surface area contributed by atoms with Gasteiger partial charge in [-0.05, 0) is 55.5 Å². The largest absolute Gasteiger partial charge is 0.457 e. The molecule has 0 radical (unpaired) electrons. The van der Waals surface area contributed by atoms with Gasteiger partial charge in [-0.3, -0.25) is 4.79 Å². The number of hydrogen-bond donors (Lipinski definition) is 0. The van der Waals surface area contributed by atoms with Crippen molar-refractivity contribution in [2.45, 2.75) is 6.92 Å². The molecule has 0 aliphatic carbocycles. The summed E-state index contributed by atoms with van der Waals surface area (Å²) in [7, 11) is 0. The average Bonchev–Trinajstić information content (AvgIpc) is 3.22. The third kappa shape index (κ3) is 4.70. The summed E-state index contributed by atoms with van der Waals surface area (Å²) < 4.78 is 15.1. The average molecular weight is 364 g/mol. The van der Waals surface area contributed by atoms with E-state index in [9.17, 15) is 14.4 Å². The van der Waals surface area contributed by atoms with Gasteiger partial charge in [-0.15, -0.1) is 0 Å². The number of furan rings is 1. The molecule has 0 fully saturated rings. The Labute approximate surface area is 155 Å². The lowest BCUT2D eigenvalue weighted by Gasteiger charge is -2.06. The molecule has 1 heterocycles. The molecule has 136 valence electrons. The van der Waals surface area contributed by atoms with Gasteiger partial charge in [0.25, 0.3) is 0 Å². The number of ether oxygens (including phenoxy) is 2. The van der Waals surface area contributed by atoms with Gasteiger partial charge in [-0.1, -0.05) is 17.7 Å². The van der Waals surface area contributed by atoms with Gasteiger partial charge in [0.1, 0.15) is 5.75 Å². The number of rotatable bonds is 6. The van der Waals surface area contributed by atoms with Crippen LogP contribution in [0.25, 0.3) is 0 Å². The maximum Gasteiger partial charge on any atom is 0.379 e. The van der Waals surface area contributed by atoms with Gasteiger partial charge >= 0.3 is 11.9 Å². The summed E-state index contributed by atoms with van der Waals surface area (Å²) in [5.74, 6) is -1.21. The second-order valence-corrected chi connectivity index (χ2v) is 5.76. The Hall–Kier alpha value is -3.67. The summed E-state index contributed by atoms with van der Waals surface area (Å²) in [5, 5.41) is 0. The van der Waals surface area contributed by atoms with Crippen molar-refractivity contribution < 1.29 is 28.3 Å². The van der Waals surface area contributed by atoms with E-state index in [0.717, 1.165) is 5.56 Å². The molecule has 0 saturated carbocycles. The normalized spacial score (nSPS) is 10.3. The zero-order valence-corrected chi connectivity index (χ0v) is 14.5. The van der Waals surface area contributed by atoms with Gasteiger partial charge in [0, 0.05) is 5.56 Å². The van der Waals surface area contributed by atoms with Crippen LogP contribution in [0.15, 0.2) is 71.3 Å². The predicted molar refractivity (Wildman–Crippen MR) is 95.9 cm³/mol. The van der Waals surface area contributed by atoms with Crippen LogP contribution in [-0.2, 0) is 4.74 Å². The van der Waals surface area contributed by atoms with Crippen molar-refractivity contribution in [1.29, 1.82) is 0 Å². The van der Waals surface area contributed by atoms with Crippen LogP contribution in [-0.4, -0.2) is 24.3 Å². The van der Waals surface area contributed by atoms with Crippen molar-refractivity contribution >= 4 is 17.7 Å². The molecule has 0 saturated heterocycles. The lowest BCUT2D eigenvalue weighted by atomic mass is 10.1. The van der Waals surface area contributed by atoms with E-state index in [0.29, 0.717) is 11.1 Å². The van der Waals surface area contributed by atoms with E-state index in [1.54, 1.807) is 30.3 Å². The van der Waals surface area contributed by atoms with E-state index in [4.69, 9.17) is 13.9 Å². The van der Waals surface area contributed by atoms with Crippen LogP contribution in [0.5, 0.6) is 5.75 Å². The van der Waals surface area contributed by atoms with E-state index in [2.05, 4.69) is 0 Å². The fourth-order valence-electron chi connectivity index (χ4n) is 2.25. The van der Waals surface area contributed by atoms with Crippen molar-refractivity contribution in [3.63, 3.8) is 0 Å². The highest BCUT2D eigenvalue weighted by molar-refractivity contribution is 5.99. The second kappa shape index (κ2) is 8.14. The summed E-state index contributed by atoms with van der Waals surface area (Å²) in [6, 6.07) is 15.9. The van der Waals surface area contributed by atoms with Crippen molar-refractivity contribution in [1.82, 2.24) is 0 Å². The number of benzene rings is 2. The Morgan fingerprint density at radius 1 is 0.852 bits per heavy atom.